The third kappa shape index (κ3) is 1.63. The van der Waals surface area contributed by atoms with Crippen LogP contribution in [0, 0.1) is 11.3 Å². The summed E-state index contributed by atoms with van der Waals surface area (Å²) in [6.07, 6.45) is 4.33. The first-order valence-corrected chi connectivity index (χ1v) is 6.97. The van der Waals surface area contributed by atoms with Crippen LogP contribution in [0.1, 0.15) is 45.7 Å². The smallest absolute Gasteiger partial charge is 0.150 e. The van der Waals surface area contributed by atoms with Crippen molar-refractivity contribution < 1.29 is 9.78 Å². The fourth-order valence-electron chi connectivity index (χ4n) is 3.11. The zero-order valence-corrected chi connectivity index (χ0v) is 12.4. The van der Waals surface area contributed by atoms with Crippen LogP contribution in [0.5, 0.6) is 0 Å². The molecule has 1 aliphatic carbocycles. The molecular formula is C17H22O2. The Morgan fingerprint density at radius 2 is 1.63 bits per heavy atom. The Morgan fingerprint density at radius 1 is 1.00 bits per heavy atom. The molecule has 2 nitrogen and oxygen atoms in total. The molecule has 2 aliphatic heterocycles. The summed E-state index contributed by atoms with van der Waals surface area (Å²) in [4.78, 5) is 11.6. The van der Waals surface area contributed by atoms with Gasteiger partial charge in [0.2, 0.25) is 0 Å². The molecule has 102 valence electrons. The van der Waals surface area contributed by atoms with Crippen LogP contribution in [-0.2, 0) is 21.0 Å². The molecule has 19 heavy (non-hydrogen) atoms. The fraction of sp³-hybridized carbons (Fsp3) is 0.529. The Labute approximate surface area is 115 Å². The topological polar surface area (TPSA) is 18.5 Å². The first-order chi connectivity index (χ1) is 8.80. The SMILES string of the molecule is C[C@@H](C(C)(C)C)[C@]12C=C[C@](C)(OO1)c1ccccc12. The van der Waals surface area contributed by atoms with Crippen LogP contribution in [-0.4, -0.2) is 0 Å². The molecule has 3 atom stereocenters. The van der Waals surface area contributed by atoms with E-state index in [-0.39, 0.29) is 5.41 Å². The van der Waals surface area contributed by atoms with E-state index < -0.39 is 11.2 Å². The van der Waals surface area contributed by atoms with Gasteiger partial charge in [0.1, 0.15) is 5.60 Å². The van der Waals surface area contributed by atoms with E-state index in [4.69, 9.17) is 9.78 Å². The first-order valence-electron chi connectivity index (χ1n) is 6.97. The molecule has 0 N–H and O–H groups in total. The van der Waals surface area contributed by atoms with Gasteiger partial charge >= 0.3 is 0 Å². The highest BCUT2D eigenvalue weighted by atomic mass is 17.2. The summed E-state index contributed by atoms with van der Waals surface area (Å²) in [5.74, 6) is 0.308. The predicted molar refractivity (Wildman–Crippen MR) is 75.4 cm³/mol. The normalized spacial score (nSPS) is 34.2. The van der Waals surface area contributed by atoms with Crippen molar-refractivity contribution in [2.75, 3.05) is 0 Å². The van der Waals surface area contributed by atoms with Gasteiger partial charge in [-0.05, 0) is 35.6 Å². The van der Waals surface area contributed by atoms with Crippen LogP contribution in [0.4, 0.5) is 0 Å². The molecule has 0 saturated carbocycles. The van der Waals surface area contributed by atoms with Gasteiger partial charge in [-0.15, -0.1) is 0 Å². The van der Waals surface area contributed by atoms with Crippen LogP contribution in [0.15, 0.2) is 36.4 Å². The van der Waals surface area contributed by atoms with Gasteiger partial charge in [0.25, 0.3) is 0 Å². The molecule has 3 aliphatic rings. The number of fused-ring (bicyclic) bond motifs is 1. The maximum Gasteiger partial charge on any atom is 0.150 e. The second-order valence-corrected chi connectivity index (χ2v) is 7.03. The summed E-state index contributed by atoms with van der Waals surface area (Å²) in [6, 6.07) is 8.46. The number of hydrogen-bond donors (Lipinski definition) is 0. The standard InChI is InChI=1S/C17H22O2/c1-12(15(2,3)4)17-11-10-16(5,18-19-17)13-8-6-7-9-14(13)17/h6-12H,1-5H3/t12-,16-,17-/m0/s1. The van der Waals surface area contributed by atoms with Crippen molar-refractivity contribution in [1.29, 1.82) is 0 Å². The van der Waals surface area contributed by atoms with E-state index in [1.165, 1.54) is 11.1 Å². The maximum atomic E-state index is 5.90. The maximum absolute atomic E-state index is 5.90. The van der Waals surface area contributed by atoms with Gasteiger partial charge in [0.05, 0.1) is 0 Å². The molecule has 0 saturated heterocycles. The Kier molecular flexibility index (Phi) is 2.52. The van der Waals surface area contributed by atoms with E-state index >= 15 is 0 Å². The second kappa shape index (κ2) is 3.71. The summed E-state index contributed by atoms with van der Waals surface area (Å²) >= 11 is 0. The molecule has 4 rings (SSSR count). The van der Waals surface area contributed by atoms with Crippen LogP contribution in [0.3, 0.4) is 0 Å². The van der Waals surface area contributed by atoms with E-state index in [2.05, 4.69) is 64.1 Å². The lowest BCUT2D eigenvalue weighted by Gasteiger charge is -2.52. The van der Waals surface area contributed by atoms with Gasteiger partial charge < -0.3 is 0 Å². The van der Waals surface area contributed by atoms with Crippen molar-refractivity contribution >= 4 is 0 Å². The van der Waals surface area contributed by atoms with Gasteiger partial charge in [-0.25, -0.2) is 9.78 Å². The lowest BCUT2D eigenvalue weighted by molar-refractivity contribution is -0.431. The highest BCUT2D eigenvalue weighted by molar-refractivity contribution is 5.47. The highest BCUT2D eigenvalue weighted by Crippen LogP contribution is 2.55. The van der Waals surface area contributed by atoms with Crippen molar-refractivity contribution in [3.05, 3.63) is 47.5 Å². The Bertz CT molecular complexity index is 540. The quantitative estimate of drug-likeness (QED) is 0.552. The largest absolute Gasteiger partial charge is 0.220 e. The van der Waals surface area contributed by atoms with Crippen molar-refractivity contribution in [2.45, 2.75) is 45.8 Å². The minimum atomic E-state index is -0.466. The molecule has 0 unspecified atom stereocenters. The molecular weight excluding hydrogens is 236 g/mol. The minimum absolute atomic E-state index is 0.131. The lowest BCUT2D eigenvalue weighted by atomic mass is 9.64. The average Bonchev–Trinajstić information content (AvgIpc) is 2.38. The zero-order valence-electron chi connectivity index (χ0n) is 12.4. The fourth-order valence-corrected chi connectivity index (χ4v) is 3.11. The third-order valence-corrected chi connectivity index (χ3v) is 4.83. The summed E-state index contributed by atoms with van der Waals surface area (Å²) < 4.78 is 0. The first kappa shape index (κ1) is 12.9. The van der Waals surface area contributed by atoms with Crippen molar-refractivity contribution in [1.82, 2.24) is 0 Å². The Morgan fingerprint density at radius 3 is 2.16 bits per heavy atom. The van der Waals surface area contributed by atoms with Crippen molar-refractivity contribution in [3.63, 3.8) is 0 Å². The molecule has 0 spiro atoms. The molecule has 0 fully saturated rings. The van der Waals surface area contributed by atoms with Gasteiger partial charge in [-0.3, -0.25) is 0 Å². The Balaban J connectivity index is 2.21. The third-order valence-electron chi connectivity index (χ3n) is 4.83. The second-order valence-electron chi connectivity index (χ2n) is 7.03. The number of hydrogen-bond acceptors (Lipinski definition) is 2. The summed E-state index contributed by atoms with van der Waals surface area (Å²) in [7, 11) is 0. The van der Waals surface area contributed by atoms with E-state index in [0.717, 1.165) is 0 Å². The van der Waals surface area contributed by atoms with Crippen molar-refractivity contribution in [3.8, 4) is 0 Å². The van der Waals surface area contributed by atoms with Crippen LogP contribution in [0.25, 0.3) is 0 Å². The van der Waals surface area contributed by atoms with Gasteiger partial charge in [-0.2, -0.15) is 0 Å². The molecule has 2 bridgehead atoms. The lowest BCUT2D eigenvalue weighted by Crippen LogP contribution is -2.51. The molecule has 1 aromatic rings. The van der Waals surface area contributed by atoms with E-state index in [1.807, 2.05) is 6.92 Å². The van der Waals surface area contributed by atoms with E-state index in [1.54, 1.807) is 0 Å². The minimum Gasteiger partial charge on any atom is -0.220 e. The summed E-state index contributed by atoms with van der Waals surface area (Å²) in [6.45, 7) is 11.0. The monoisotopic (exact) mass is 258 g/mol. The van der Waals surface area contributed by atoms with Crippen LogP contribution < -0.4 is 0 Å². The number of benzene rings is 1. The highest BCUT2D eigenvalue weighted by Gasteiger charge is 2.54. The average molecular weight is 258 g/mol. The van der Waals surface area contributed by atoms with Crippen LogP contribution in [0.2, 0.25) is 0 Å². The number of rotatable bonds is 1. The molecule has 0 radical (unpaired) electrons. The molecule has 2 heteroatoms. The van der Waals surface area contributed by atoms with Gasteiger partial charge in [0.15, 0.2) is 5.60 Å². The summed E-state index contributed by atoms with van der Waals surface area (Å²) in [5, 5.41) is 0. The molecule has 2 heterocycles. The molecule has 0 amide bonds. The Hall–Kier alpha value is -1.12. The zero-order chi connectivity index (χ0) is 13.9. The predicted octanol–water partition coefficient (Wildman–Crippen LogP) is 4.31. The molecule has 0 aromatic heterocycles. The van der Waals surface area contributed by atoms with Crippen molar-refractivity contribution in [2.24, 2.45) is 11.3 Å². The molecule has 1 aromatic carbocycles. The van der Waals surface area contributed by atoms with Crippen LogP contribution >= 0.6 is 0 Å². The van der Waals surface area contributed by atoms with E-state index in [9.17, 15) is 0 Å². The van der Waals surface area contributed by atoms with E-state index in [0.29, 0.717) is 5.92 Å². The van der Waals surface area contributed by atoms with Gasteiger partial charge in [0, 0.05) is 5.92 Å². The van der Waals surface area contributed by atoms with Gasteiger partial charge in [-0.1, -0.05) is 52.0 Å². The summed E-state index contributed by atoms with van der Waals surface area (Å²) in [5.41, 5.74) is 1.68.